The fraction of sp³-hybridized carbons (Fsp3) is 0.818. The van der Waals surface area contributed by atoms with Gasteiger partial charge in [0.1, 0.15) is 0 Å². The van der Waals surface area contributed by atoms with E-state index < -0.39 is 5.97 Å². The van der Waals surface area contributed by atoms with E-state index in [0.29, 0.717) is 39.1 Å². The highest BCUT2D eigenvalue weighted by Gasteiger charge is 2.11. The smallest absolute Gasteiger partial charge is 0.303 e. The molecule has 0 spiro atoms. The summed E-state index contributed by atoms with van der Waals surface area (Å²) in [6, 6.07) is 0. The van der Waals surface area contributed by atoms with E-state index in [9.17, 15) is 9.59 Å². The van der Waals surface area contributed by atoms with Crippen molar-refractivity contribution in [3.05, 3.63) is 0 Å². The molecule has 0 aromatic rings. The molecule has 0 aliphatic carbocycles. The number of rotatable bonds is 9. The van der Waals surface area contributed by atoms with Crippen LogP contribution in [-0.4, -0.2) is 48.2 Å². The lowest BCUT2D eigenvalue weighted by molar-refractivity contribution is -0.137. The first-order valence-corrected chi connectivity index (χ1v) is 5.69. The molecule has 1 amide bonds. The zero-order valence-electron chi connectivity index (χ0n) is 10.1. The Kier molecular flexibility index (Phi) is 8.52. The Morgan fingerprint density at radius 2 is 1.94 bits per heavy atom. The number of carbonyl (C=O) groups excluding carboxylic acids is 1. The van der Waals surface area contributed by atoms with Crippen molar-refractivity contribution in [2.75, 3.05) is 26.3 Å². The highest BCUT2D eigenvalue weighted by Crippen LogP contribution is 2.01. The molecule has 0 heterocycles. The van der Waals surface area contributed by atoms with Crippen LogP contribution >= 0.6 is 0 Å². The first kappa shape index (κ1) is 14.9. The van der Waals surface area contributed by atoms with Crippen LogP contribution in [0.4, 0.5) is 0 Å². The van der Waals surface area contributed by atoms with Gasteiger partial charge in [-0.3, -0.25) is 9.59 Å². The molecule has 0 radical (unpaired) electrons. The number of hydrogen-bond donors (Lipinski definition) is 1. The molecule has 0 aliphatic rings. The lowest BCUT2D eigenvalue weighted by atomic mass is 10.2. The van der Waals surface area contributed by atoms with Crippen LogP contribution in [0.25, 0.3) is 0 Å². The highest BCUT2D eigenvalue weighted by molar-refractivity contribution is 5.76. The summed E-state index contributed by atoms with van der Waals surface area (Å²) in [5.41, 5.74) is 0. The summed E-state index contributed by atoms with van der Waals surface area (Å²) in [5, 5.41) is 8.45. The van der Waals surface area contributed by atoms with Gasteiger partial charge in [-0.05, 0) is 20.3 Å². The van der Waals surface area contributed by atoms with Crippen molar-refractivity contribution in [3.8, 4) is 0 Å². The molecule has 0 aromatic carbocycles. The average Bonchev–Trinajstić information content (AvgIpc) is 2.23. The minimum absolute atomic E-state index is 0.00320. The van der Waals surface area contributed by atoms with Crippen molar-refractivity contribution in [1.29, 1.82) is 0 Å². The molecule has 94 valence electrons. The van der Waals surface area contributed by atoms with Gasteiger partial charge in [-0.2, -0.15) is 0 Å². The first-order chi connectivity index (χ1) is 7.61. The normalized spacial score (nSPS) is 10.1. The predicted molar refractivity (Wildman–Crippen MR) is 60.2 cm³/mol. The third-order valence-electron chi connectivity index (χ3n) is 2.23. The van der Waals surface area contributed by atoms with E-state index in [1.165, 1.54) is 0 Å². The third kappa shape index (κ3) is 7.23. The molecule has 0 saturated carbocycles. The molecular weight excluding hydrogens is 210 g/mol. The minimum atomic E-state index is -0.856. The Labute approximate surface area is 96.4 Å². The number of nitrogens with zero attached hydrogens (tertiary/aromatic N) is 1. The number of amides is 1. The highest BCUT2D eigenvalue weighted by atomic mass is 16.5. The van der Waals surface area contributed by atoms with Crippen LogP contribution in [0, 0.1) is 0 Å². The van der Waals surface area contributed by atoms with E-state index in [2.05, 4.69) is 0 Å². The van der Waals surface area contributed by atoms with E-state index >= 15 is 0 Å². The second-order valence-corrected chi connectivity index (χ2v) is 3.42. The second-order valence-electron chi connectivity index (χ2n) is 3.42. The van der Waals surface area contributed by atoms with Gasteiger partial charge < -0.3 is 14.7 Å². The van der Waals surface area contributed by atoms with Gasteiger partial charge in [-0.25, -0.2) is 0 Å². The van der Waals surface area contributed by atoms with Crippen LogP contribution < -0.4 is 0 Å². The zero-order chi connectivity index (χ0) is 12.4. The Balaban J connectivity index is 3.77. The van der Waals surface area contributed by atoms with Crippen molar-refractivity contribution in [3.63, 3.8) is 0 Å². The van der Waals surface area contributed by atoms with Gasteiger partial charge in [-0.15, -0.1) is 0 Å². The molecule has 0 bridgehead atoms. The van der Waals surface area contributed by atoms with Gasteiger partial charge in [0.25, 0.3) is 0 Å². The van der Waals surface area contributed by atoms with Crippen LogP contribution in [-0.2, 0) is 14.3 Å². The Morgan fingerprint density at radius 1 is 1.25 bits per heavy atom. The molecular formula is C11H21NO4. The second kappa shape index (κ2) is 9.15. The summed E-state index contributed by atoms with van der Waals surface area (Å²) in [5.74, 6) is -0.853. The van der Waals surface area contributed by atoms with Gasteiger partial charge in [0, 0.05) is 32.5 Å². The maximum absolute atomic E-state index is 11.6. The number of ether oxygens (including phenoxy) is 1. The maximum atomic E-state index is 11.6. The Bertz CT molecular complexity index is 218. The van der Waals surface area contributed by atoms with Crippen molar-refractivity contribution in [2.45, 2.75) is 33.1 Å². The van der Waals surface area contributed by atoms with Gasteiger partial charge in [-0.1, -0.05) is 0 Å². The lowest BCUT2D eigenvalue weighted by Gasteiger charge is -2.20. The summed E-state index contributed by atoms with van der Waals surface area (Å²) < 4.78 is 5.17. The van der Waals surface area contributed by atoms with Gasteiger partial charge >= 0.3 is 5.97 Å². The van der Waals surface area contributed by atoms with E-state index in [1.54, 1.807) is 4.90 Å². The van der Waals surface area contributed by atoms with Crippen LogP contribution in [0.5, 0.6) is 0 Å². The largest absolute Gasteiger partial charge is 0.481 e. The molecule has 5 heteroatoms. The fourth-order valence-corrected chi connectivity index (χ4v) is 1.33. The summed E-state index contributed by atoms with van der Waals surface area (Å²) >= 11 is 0. The van der Waals surface area contributed by atoms with E-state index in [-0.39, 0.29) is 12.3 Å². The molecule has 0 aliphatic heterocycles. The van der Waals surface area contributed by atoms with Crippen molar-refractivity contribution in [2.24, 2.45) is 0 Å². The maximum Gasteiger partial charge on any atom is 0.303 e. The average molecular weight is 231 g/mol. The number of carboxylic acids is 1. The van der Waals surface area contributed by atoms with E-state index in [4.69, 9.17) is 9.84 Å². The van der Waals surface area contributed by atoms with Crippen molar-refractivity contribution < 1.29 is 19.4 Å². The Morgan fingerprint density at radius 3 is 2.44 bits per heavy atom. The molecule has 1 N–H and O–H groups in total. The predicted octanol–water partition coefficient (Wildman–Crippen LogP) is 1.13. The Hall–Kier alpha value is -1.10. The van der Waals surface area contributed by atoms with Crippen LogP contribution in [0.1, 0.15) is 33.1 Å². The van der Waals surface area contributed by atoms with E-state index in [0.717, 1.165) is 0 Å². The van der Waals surface area contributed by atoms with Crippen molar-refractivity contribution >= 4 is 11.9 Å². The molecule has 0 atom stereocenters. The SMILES string of the molecule is CCOCCN(CC)C(=O)CCCC(=O)O. The molecule has 0 unspecified atom stereocenters. The standard InChI is InChI=1S/C11H21NO4/c1-3-12(8-9-16-4-2)10(13)6-5-7-11(14)15/h3-9H2,1-2H3,(H,14,15). The number of aliphatic carboxylic acids is 1. The fourth-order valence-electron chi connectivity index (χ4n) is 1.33. The van der Waals surface area contributed by atoms with Crippen LogP contribution in [0.2, 0.25) is 0 Å². The molecule has 0 rings (SSSR count). The van der Waals surface area contributed by atoms with Gasteiger partial charge in [0.05, 0.1) is 6.61 Å². The summed E-state index contributed by atoms with van der Waals surface area (Å²) in [6.07, 6.45) is 0.750. The minimum Gasteiger partial charge on any atom is -0.481 e. The number of carbonyl (C=O) groups is 2. The van der Waals surface area contributed by atoms with Gasteiger partial charge in [0.2, 0.25) is 5.91 Å². The quantitative estimate of drug-likeness (QED) is 0.604. The molecule has 0 saturated heterocycles. The topological polar surface area (TPSA) is 66.8 Å². The van der Waals surface area contributed by atoms with Gasteiger partial charge in [0.15, 0.2) is 0 Å². The number of carboxylic acid groups (broad SMARTS) is 1. The summed E-state index contributed by atoms with van der Waals surface area (Å²) in [4.78, 5) is 23.6. The zero-order valence-corrected chi connectivity index (χ0v) is 10.1. The lowest BCUT2D eigenvalue weighted by Crippen LogP contribution is -2.33. The van der Waals surface area contributed by atoms with Crippen LogP contribution in [0.15, 0.2) is 0 Å². The first-order valence-electron chi connectivity index (χ1n) is 5.69. The van der Waals surface area contributed by atoms with E-state index in [1.807, 2.05) is 13.8 Å². The van der Waals surface area contributed by atoms with Crippen LogP contribution in [0.3, 0.4) is 0 Å². The molecule has 5 nitrogen and oxygen atoms in total. The monoisotopic (exact) mass is 231 g/mol. The number of likely N-dealkylation sites (N-methyl/N-ethyl adjacent to an activating group) is 1. The number of hydrogen-bond acceptors (Lipinski definition) is 3. The molecule has 16 heavy (non-hydrogen) atoms. The summed E-state index contributed by atoms with van der Waals surface area (Å²) in [6.45, 7) is 6.21. The molecule has 0 fully saturated rings. The molecule has 0 aromatic heterocycles. The third-order valence-corrected chi connectivity index (χ3v) is 2.23. The summed E-state index contributed by atoms with van der Waals surface area (Å²) in [7, 11) is 0. The van der Waals surface area contributed by atoms with Crippen molar-refractivity contribution in [1.82, 2.24) is 4.90 Å².